The predicted molar refractivity (Wildman–Crippen MR) is 113 cm³/mol. The largest absolute Gasteiger partial charge is 0.292 e. The molecule has 162 valence electrons. The first-order valence-corrected chi connectivity index (χ1v) is 11.9. The number of piperazine rings is 1. The number of hydrogen-bond acceptors (Lipinski definition) is 7. The highest BCUT2D eigenvalue weighted by molar-refractivity contribution is 7.89. The Labute approximate surface area is 184 Å². The highest BCUT2D eigenvalue weighted by Gasteiger charge is 2.30. The van der Waals surface area contributed by atoms with Crippen LogP contribution in [0.15, 0.2) is 34.5 Å². The lowest BCUT2D eigenvalue weighted by molar-refractivity contribution is -0.129. The molecule has 0 unspecified atom stereocenters. The van der Waals surface area contributed by atoms with Gasteiger partial charge >= 0.3 is 0 Å². The molecule has 2 aromatic rings. The van der Waals surface area contributed by atoms with Gasteiger partial charge in [0.15, 0.2) is 0 Å². The third kappa shape index (κ3) is 5.76. The van der Waals surface area contributed by atoms with Gasteiger partial charge < -0.3 is 0 Å². The molecule has 0 saturated carbocycles. The molecular weight excluding hydrogens is 450 g/mol. The molecule has 1 saturated heterocycles. The molecule has 1 aliphatic heterocycles. The number of benzene rings is 1. The minimum Gasteiger partial charge on any atom is -0.292 e. The monoisotopic (exact) mass is 471 g/mol. The van der Waals surface area contributed by atoms with Crippen molar-refractivity contribution >= 4 is 44.8 Å². The molecule has 3 rings (SSSR count). The minimum absolute atomic E-state index is 0.0522. The summed E-state index contributed by atoms with van der Waals surface area (Å²) >= 11 is 7.42. The second kappa shape index (κ2) is 9.84. The van der Waals surface area contributed by atoms with E-state index in [9.17, 15) is 18.0 Å². The number of nitrogens with one attached hydrogen (secondary N) is 2. The first-order valence-electron chi connectivity index (χ1n) is 9.21. The lowest BCUT2D eigenvalue weighted by Crippen LogP contribution is -2.53. The topological polar surface area (TPSA) is 112 Å². The van der Waals surface area contributed by atoms with Gasteiger partial charge in [0.1, 0.15) is 9.90 Å². The van der Waals surface area contributed by atoms with E-state index < -0.39 is 10.0 Å². The van der Waals surface area contributed by atoms with E-state index in [1.54, 1.807) is 18.2 Å². The molecule has 0 atom stereocenters. The van der Waals surface area contributed by atoms with Gasteiger partial charge in [-0.1, -0.05) is 23.7 Å². The maximum atomic E-state index is 12.8. The number of sulfonamides is 1. The lowest BCUT2D eigenvalue weighted by atomic mass is 10.3. The Balaban J connectivity index is 1.43. The van der Waals surface area contributed by atoms with E-state index in [-0.39, 0.29) is 47.8 Å². The number of hydrazine groups is 1. The second-order valence-electron chi connectivity index (χ2n) is 6.77. The fraction of sp³-hybridized carbons (Fsp3) is 0.389. The Morgan fingerprint density at radius 1 is 1.13 bits per heavy atom. The predicted octanol–water partition coefficient (Wildman–Crippen LogP) is 0.801. The van der Waals surface area contributed by atoms with Crippen LogP contribution in [0.5, 0.6) is 0 Å². The van der Waals surface area contributed by atoms with Gasteiger partial charge in [-0.2, -0.15) is 4.31 Å². The Morgan fingerprint density at radius 2 is 1.80 bits per heavy atom. The zero-order chi connectivity index (χ0) is 21.7. The van der Waals surface area contributed by atoms with Crippen molar-refractivity contribution in [3.8, 4) is 0 Å². The highest BCUT2D eigenvalue weighted by atomic mass is 35.5. The van der Waals surface area contributed by atoms with E-state index in [2.05, 4.69) is 15.8 Å². The maximum Gasteiger partial charge on any atom is 0.252 e. The van der Waals surface area contributed by atoms with Crippen LogP contribution < -0.4 is 10.9 Å². The van der Waals surface area contributed by atoms with Crippen LogP contribution in [0.25, 0.3) is 0 Å². The molecule has 0 aliphatic carbocycles. The standard InChI is InChI=1S/C18H22ClN5O4S2/c1-13-12-29-18(20-13)10-16(25)21-22-17(26)11-23-6-8-24(9-7-23)30(27,28)15-5-3-2-4-14(15)19/h2-5,12H,6-11H2,1H3,(H,21,25)(H,22,26). The number of hydrogen-bond donors (Lipinski definition) is 2. The fourth-order valence-corrected chi connectivity index (χ4v) is 5.65. The van der Waals surface area contributed by atoms with Crippen LogP contribution in [-0.4, -0.2) is 67.1 Å². The first-order chi connectivity index (χ1) is 14.3. The van der Waals surface area contributed by atoms with Crippen molar-refractivity contribution in [2.45, 2.75) is 18.2 Å². The Morgan fingerprint density at radius 3 is 2.43 bits per heavy atom. The highest BCUT2D eigenvalue weighted by Crippen LogP contribution is 2.24. The van der Waals surface area contributed by atoms with Crippen LogP contribution in [0.3, 0.4) is 0 Å². The summed E-state index contributed by atoms with van der Waals surface area (Å²) in [6.45, 7) is 3.18. The van der Waals surface area contributed by atoms with Crippen molar-refractivity contribution in [2.75, 3.05) is 32.7 Å². The molecule has 30 heavy (non-hydrogen) atoms. The van der Waals surface area contributed by atoms with Crippen molar-refractivity contribution in [1.82, 2.24) is 25.0 Å². The summed E-state index contributed by atoms with van der Waals surface area (Å²) in [5.74, 6) is -0.727. The number of carbonyl (C=O) groups excluding carboxylic acids is 2. The first kappa shape index (κ1) is 22.6. The molecule has 0 spiro atoms. The smallest absolute Gasteiger partial charge is 0.252 e. The normalized spacial score (nSPS) is 15.7. The van der Waals surface area contributed by atoms with Gasteiger partial charge in [0.05, 0.1) is 18.0 Å². The number of aromatic nitrogens is 1. The third-order valence-electron chi connectivity index (χ3n) is 4.47. The molecule has 0 radical (unpaired) electrons. The number of nitrogens with zero attached hydrogens (tertiary/aromatic N) is 3. The third-order valence-corrected chi connectivity index (χ3v) is 7.84. The van der Waals surface area contributed by atoms with Crippen LogP contribution in [0.1, 0.15) is 10.7 Å². The fourth-order valence-electron chi connectivity index (χ4n) is 2.97. The Kier molecular flexibility index (Phi) is 7.42. The second-order valence-corrected chi connectivity index (χ2v) is 10.0. The summed E-state index contributed by atoms with van der Waals surface area (Å²) in [5, 5.41) is 2.71. The van der Waals surface area contributed by atoms with Gasteiger partial charge in [-0.3, -0.25) is 25.3 Å². The molecule has 1 aromatic heterocycles. The van der Waals surface area contributed by atoms with E-state index in [0.29, 0.717) is 18.1 Å². The number of carbonyl (C=O) groups is 2. The summed E-state index contributed by atoms with van der Waals surface area (Å²) in [7, 11) is -3.68. The molecule has 1 fully saturated rings. The maximum absolute atomic E-state index is 12.8. The van der Waals surface area contributed by atoms with Crippen molar-refractivity contribution in [2.24, 2.45) is 0 Å². The summed E-state index contributed by atoms with van der Waals surface area (Å²) in [6, 6.07) is 6.32. The number of thiazole rings is 1. The van der Waals surface area contributed by atoms with E-state index in [4.69, 9.17) is 11.6 Å². The van der Waals surface area contributed by atoms with Crippen molar-refractivity contribution in [1.29, 1.82) is 0 Å². The van der Waals surface area contributed by atoms with Gasteiger partial charge in [0.25, 0.3) is 5.91 Å². The van der Waals surface area contributed by atoms with Gasteiger partial charge in [-0.25, -0.2) is 13.4 Å². The number of amides is 2. The van der Waals surface area contributed by atoms with Crippen molar-refractivity contribution in [3.05, 3.63) is 45.4 Å². The van der Waals surface area contributed by atoms with Crippen molar-refractivity contribution in [3.63, 3.8) is 0 Å². The van der Waals surface area contributed by atoms with Gasteiger partial charge in [0, 0.05) is 37.3 Å². The average molecular weight is 472 g/mol. The number of halogens is 1. The van der Waals surface area contributed by atoms with E-state index in [1.165, 1.54) is 21.7 Å². The quantitative estimate of drug-likeness (QED) is 0.603. The molecule has 12 heteroatoms. The Hall–Kier alpha value is -2.05. The summed E-state index contributed by atoms with van der Waals surface area (Å²) in [5.41, 5.74) is 5.60. The van der Waals surface area contributed by atoms with Gasteiger partial charge in [-0.15, -0.1) is 11.3 Å². The van der Waals surface area contributed by atoms with Crippen LogP contribution in [0.2, 0.25) is 5.02 Å². The average Bonchev–Trinajstić information content (AvgIpc) is 3.11. The van der Waals surface area contributed by atoms with Gasteiger partial charge in [-0.05, 0) is 19.1 Å². The molecule has 2 N–H and O–H groups in total. The molecule has 1 aromatic carbocycles. The lowest BCUT2D eigenvalue weighted by Gasteiger charge is -2.33. The summed E-state index contributed by atoms with van der Waals surface area (Å²) < 4.78 is 26.9. The molecular formula is C18H22ClN5O4S2. The van der Waals surface area contributed by atoms with E-state index in [0.717, 1.165) is 5.69 Å². The molecule has 2 heterocycles. The van der Waals surface area contributed by atoms with Crippen LogP contribution in [0.4, 0.5) is 0 Å². The summed E-state index contributed by atoms with van der Waals surface area (Å²) in [6.07, 6.45) is 0.0946. The zero-order valence-corrected chi connectivity index (χ0v) is 18.7. The summed E-state index contributed by atoms with van der Waals surface area (Å²) in [4.78, 5) is 30.1. The molecule has 1 aliphatic rings. The number of rotatable bonds is 6. The Bertz CT molecular complexity index is 1020. The van der Waals surface area contributed by atoms with E-state index in [1.807, 2.05) is 17.2 Å². The van der Waals surface area contributed by atoms with Crippen LogP contribution >= 0.6 is 22.9 Å². The van der Waals surface area contributed by atoms with Gasteiger partial charge in [0.2, 0.25) is 15.9 Å². The van der Waals surface area contributed by atoms with Crippen LogP contribution in [0, 0.1) is 6.92 Å². The van der Waals surface area contributed by atoms with Crippen LogP contribution in [-0.2, 0) is 26.0 Å². The van der Waals surface area contributed by atoms with Crippen molar-refractivity contribution < 1.29 is 18.0 Å². The molecule has 9 nitrogen and oxygen atoms in total. The van der Waals surface area contributed by atoms with E-state index >= 15 is 0 Å². The SMILES string of the molecule is Cc1csc(CC(=O)NNC(=O)CN2CCN(S(=O)(=O)c3ccccc3Cl)CC2)n1. The number of aryl methyl sites for hydroxylation is 1. The zero-order valence-electron chi connectivity index (χ0n) is 16.3. The molecule has 0 bridgehead atoms. The minimum atomic E-state index is -3.68. The molecule has 2 amide bonds.